The van der Waals surface area contributed by atoms with E-state index in [1.165, 1.54) is 19.3 Å². The lowest BCUT2D eigenvalue weighted by molar-refractivity contribution is 0.00554. The van der Waals surface area contributed by atoms with Gasteiger partial charge in [-0.2, -0.15) is 0 Å². The number of rotatable bonds is 5. The molecule has 0 aromatic carbocycles. The van der Waals surface area contributed by atoms with Crippen LogP contribution in [-0.2, 0) is 12.0 Å². The summed E-state index contributed by atoms with van der Waals surface area (Å²) in [6.07, 6.45) is 10.4. The Morgan fingerprint density at radius 2 is 2.25 bits per heavy atom. The fraction of sp³-hybridized carbons (Fsp3) is 0.714. The first-order valence-electron chi connectivity index (χ1n) is 6.55. The second-order valence-corrected chi connectivity index (χ2v) is 4.95. The summed E-state index contributed by atoms with van der Waals surface area (Å²) in [6.45, 7) is 2.21. The van der Waals surface area contributed by atoms with Gasteiger partial charge in [0.15, 0.2) is 0 Å². The van der Waals surface area contributed by atoms with E-state index in [0.29, 0.717) is 0 Å². The molecule has 1 aromatic rings. The summed E-state index contributed by atoms with van der Waals surface area (Å²) in [6, 6.07) is 1.95. The van der Waals surface area contributed by atoms with Crippen LogP contribution in [0.15, 0.2) is 16.7 Å². The lowest BCUT2D eigenvalue weighted by Gasteiger charge is -2.31. The quantitative estimate of drug-likeness (QED) is 0.769. The Kier molecular flexibility index (Phi) is 3.70. The highest BCUT2D eigenvalue weighted by Crippen LogP contribution is 2.39. The molecule has 1 N–H and O–H groups in total. The minimum atomic E-state index is -0.603. The summed E-state index contributed by atoms with van der Waals surface area (Å²) >= 11 is 0. The van der Waals surface area contributed by atoms with Gasteiger partial charge in [-0.3, -0.25) is 0 Å². The largest absolute Gasteiger partial charge is 0.469 e. The standard InChI is InChI=1S/C14H22O2/c1-2-3-4-5-9-14(15)10-6-7-13-12(14)8-11-16-13/h8,11,15H,2-7,9-10H2,1H3. The molecule has 90 valence electrons. The summed E-state index contributed by atoms with van der Waals surface area (Å²) < 4.78 is 5.42. The molecular weight excluding hydrogens is 200 g/mol. The minimum Gasteiger partial charge on any atom is -0.469 e. The van der Waals surface area contributed by atoms with Crippen molar-refractivity contribution >= 4 is 0 Å². The molecule has 1 unspecified atom stereocenters. The van der Waals surface area contributed by atoms with E-state index in [-0.39, 0.29) is 0 Å². The Bertz CT molecular complexity index is 329. The topological polar surface area (TPSA) is 33.4 Å². The highest BCUT2D eigenvalue weighted by atomic mass is 16.3. The van der Waals surface area contributed by atoms with Gasteiger partial charge in [-0.15, -0.1) is 0 Å². The van der Waals surface area contributed by atoms with Gasteiger partial charge in [0.1, 0.15) is 5.76 Å². The van der Waals surface area contributed by atoms with E-state index in [9.17, 15) is 5.11 Å². The molecule has 1 aromatic heterocycles. The fourth-order valence-corrected chi connectivity index (χ4v) is 2.73. The molecule has 1 aliphatic rings. The first-order chi connectivity index (χ1) is 7.76. The molecule has 2 heteroatoms. The Morgan fingerprint density at radius 3 is 3.06 bits per heavy atom. The number of hydrogen-bond acceptors (Lipinski definition) is 2. The van der Waals surface area contributed by atoms with E-state index in [0.717, 1.165) is 43.4 Å². The molecular formula is C14H22O2. The summed E-state index contributed by atoms with van der Waals surface area (Å²) in [7, 11) is 0. The zero-order valence-electron chi connectivity index (χ0n) is 10.2. The summed E-state index contributed by atoms with van der Waals surface area (Å²) in [5.74, 6) is 1.00. The van der Waals surface area contributed by atoms with Gasteiger partial charge in [0.2, 0.25) is 0 Å². The normalized spacial score (nSPS) is 24.4. The van der Waals surface area contributed by atoms with Crippen LogP contribution in [0, 0.1) is 0 Å². The Labute approximate surface area is 97.7 Å². The van der Waals surface area contributed by atoms with Crippen molar-refractivity contribution in [3.05, 3.63) is 23.7 Å². The van der Waals surface area contributed by atoms with Gasteiger partial charge in [0.05, 0.1) is 11.9 Å². The van der Waals surface area contributed by atoms with Crippen LogP contribution in [-0.4, -0.2) is 5.11 Å². The highest BCUT2D eigenvalue weighted by molar-refractivity contribution is 5.27. The van der Waals surface area contributed by atoms with Gasteiger partial charge in [0, 0.05) is 12.0 Å². The van der Waals surface area contributed by atoms with E-state index >= 15 is 0 Å². The van der Waals surface area contributed by atoms with Crippen molar-refractivity contribution in [1.29, 1.82) is 0 Å². The van der Waals surface area contributed by atoms with Gasteiger partial charge in [-0.1, -0.05) is 32.6 Å². The number of furan rings is 1. The molecule has 0 spiro atoms. The van der Waals surface area contributed by atoms with Gasteiger partial charge in [0.25, 0.3) is 0 Å². The van der Waals surface area contributed by atoms with Crippen molar-refractivity contribution in [1.82, 2.24) is 0 Å². The van der Waals surface area contributed by atoms with Crippen molar-refractivity contribution in [2.75, 3.05) is 0 Å². The third kappa shape index (κ3) is 2.32. The number of fused-ring (bicyclic) bond motifs is 1. The molecule has 2 rings (SSSR count). The fourth-order valence-electron chi connectivity index (χ4n) is 2.73. The highest BCUT2D eigenvalue weighted by Gasteiger charge is 2.35. The van der Waals surface area contributed by atoms with E-state index < -0.39 is 5.60 Å². The van der Waals surface area contributed by atoms with Gasteiger partial charge < -0.3 is 9.52 Å². The van der Waals surface area contributed by atoms with Crippen LogP contribution < -0.4 is 0 Å². The summed E-state index contributed by atoms with van der Waals surface area (Å²) in [5.41, 5.74) is 0.448. The molecule has 16 heavy (non-hydrogen) atoms. The molecule has 1 aliphatic carbocycles. The van der Waals surface area contributed by atoms with Crippen LogP contribution in [0.3, 0.4) is 0 Å². The zero-order chi connectivity index (χ0) is 11.4. The van der Waals surface area contributed by atoms with Crippen LogP contribution in [0.4, 0.5) is 0 Å². The average Bonchev–Trinajstić information content (AvgIpc) is 2.75. The predicted octanol–water partition coefficient (Wildman–Crippen LogP) is 3.77. The number of hydrogen-bond donors (Lipinski definition) is 1. The third-order valence-electron chi connectivity index (χ3n) is 3.68. The first-order valence-corrected chi connectivity index (χ1v) is 6.55. The number of aryl methyl sites for hydroxylation is 1. The third-order valence-corrected chi connectivity index (χ3v) is 3.68. The van der Waals surface area contributed by atoms with Crippen molar-refractivity contribution in [2.24, 2.45) is 0 Å². The molecule has 0 saturated heterocycles. The summed E-state index contributed by atoms with van der Waals surface area (Å²) in [5, 5.41) is 10.7. The first kappa shape index (κ1) is 11.7. The Hall–Kier alpha value is -0.760. The van der Waals surface area contributed by atoms with E-state index in [1.54, 1.807) is 6.26 Å². The van der Waals surface area contributed by atoms with Crippen molar-refractivity contribution in [3.8, 4) is 0 Å². The average molecular weight is 222 g/mol. The zero-order valence-corrected chi connectivity index (χ0v) is 10.2. The minimum absolute atomic E-state index is 0.603. The van der Waals surface area contributed by atoms with Gasteiger partial charge >= 0.3 is 0 Å². The van der Waals surface area contributed by atoms with Crippen molar-refractivity contribution in [2.45, 2.75) is 63.9 Å². The number of aliphatic hydroxyl groups is 1. The van der Waals surface area contributed by atoms with E-state index in [4.69, 9.17) is 4.42 Å². The van der Waals surface area contributed by atoms with E-state index in [2.05, 4.69) is 6.92 Å². The molecule has 0 fully saturated rings. The molecule has 0 aliphatic heterocycles. The Balaban J connectivity index is 1.98. The smallest absolute Gasteiger partial charge is 0.109 e. The van der Waals surface area contributed by atoms with Crippen LogP contribution in [0.1, 0.15) is 63.2 Å². The summed E-state index contributed by atoms with van der Waals surface area (Å²) in [4.78, 5) is 0. The monoisotopic (exact) mass is 222 g/mol. The van der Waals surface area contributed by atoms with Crippen LogP contribution >= 0.6 is 0 Å². The predicted molar refractivity (Wildman–Crippen MR) is 64.3 cm³/mol. The van der Waals surface area contributed by atoms with Gasteiger partial charge in [-0.05, 0) is 25.3 Å². The maximum Gasteiger partial charge on any atom is 0.109 e. The van der Waals surface area contributed by atoms with Crippen LogP contribution in [0.5, 0.6) is 0 Å². The van der Waals surface area contributed by atoms with Crippen LogP contribution in [0.2, 0.25) is 0 Å². The molecule has 1 atom stereocenters. The second kappa shape index (κ2) is 5.05. The molecule has 0 bridgehead atoms. The lowest BCUT2D eigenvalue weighted by atomic mass is 9.79. The van der Waals surface area contributed by atoms with Crippen molar-refractivity contribution < 1.29 is 9.52 Å². The maximum absolute atomic E-state index is 10.7. The molecule has 0 radical (unpaired) electrons. The molecule has 0 amide bonds. The molecule has 0 saturated carbocycles. The SMILES string of the molecule is CCCCCCC1(O)CCCc2occc21. The number of unbranched alkanes of at least 4 members (excludes halogenated alkanes) is 3. The molecule has 1 heterocycles. The van der Waals surface area contributed by atoms with Gasteiger partial charge in [-0.25, -0.2) is 0 Å². The lowest BCUT2D eigenvalue weighted by Crippen LogP contribution is -2.29. The maximum atomic E-state index is 10.7. The molecule has 2 nitrogen and oxygen atoms in total. The van der Waals surface area contributed by atoms with E-state index in [1.807, 2.05) is 6.07 Å². The van der Waals surface area contributed by atoms with Crippen molar-refractivity contribution in [3.63, 3.8) is 0 Å². The Morgan fingerprint density at radius 1 is 1.38 bits per heavy atom. The van der Waals surface area contributed by atoms with Crippen LogP contribution in [0.25, 0.3) is 0 Å². The second-order valence-electron chi connectivity index (χ2n) is 4.95.